The Balaban J connectivity index is 1.85. The zero-order valence-corrected chi connectivity index (χ0v) is 14.2. The van der Waals surface area contributed by atoms with Crippen molar-refractivity contribution in [3.63, 3.8) is 0 Å². The van der Waals surface area contributed by atoms with Crippen molar-refractivity contribution in [2.45, 2.75) is 0 Å². The molecule has 0 amide bonds. The molecule has 0 spiro atoms. The highest BCUT2D eigenvalue weighted by Gasteiger charge is 2.16. The van der Waals surface area contributed by atoms with Crippen molar-refractivity contribution in [3.8, 4) is 5.69 Å². The second-order valence-corrected chi connectivity index (χ2v) is 6.56. The SMILES string of the molecule is Nc1ncc2c(n1)[nH]c1cccc(-n3c4ccccc4c4ccncc43)c12. The van der Waals surface area contributed by atoms with Crippen LogP contribution in [0.25, 0.3) is 49.4 Å². The average molecular weight is 350 g/mol. The molecule has 0 saturated carbocycles. The average Bonchev–Trinajstić information content (AvgIpc) is 3.23. The Morgan fingerprint density at radius 2 is 1.74 bits per heavy atom. The quantitative estimate of drug-likeness (QED) is 0.466. The Hall–Kier alpha value is -3.93. The highest BCUT2D eigenvalue weighted by molar-refractivity contribution is 6.14. The van der Waals surface area contributed by atoms with Crippen molar-refractivity contribution >= 4 is 49.7 Å². The van der Waals surface area contributed by atoms with E-state index in [-0.39, 0.29) is 5.95 Å². The van der Waals surface area contributed by atoms with Gasteiger partial charge in [-0.3, -0.25) is 4.98 Å². The van der Waals surface area contributed by atoms with Gasteiger partial charge in [0.05, 0.1) is 22.9 Å². The van der Waals surface area contributed by atoms with Crippen LogP contribution in [0.2, 0.25) is 0 Å². The fourth-order valence-corrected chi connectivity index (χ4v) is 3.99. The summed E-state index contributed by atoms with van der Waals surface area (Å²) >= 11 is 0. The fraction of sp³-hybridized carbons (Fsp3) is 0. The Morgan fingerprint density at radius 1 is 0.852 bits per heavy atom. The Kier molecular flexibility index (Phi) is 2.66. The van der Waals surface area contributed by atoms with E-state index in [9.17, 15) is 0 Å². The summed E-state index contributed by atoms with van der Waals surface area (Å²) in [6, 6.07) is 16.7. The first-order valence-corrected chi connectivity index (χ1v) is 8.68. The molecule has 27 heavy (non-hydrogen) atoms. The molecular weight excluding hydrogens is 336 g/mol. The van der Waals surface area contributed by atoms with E-state index < -0.39 is 0 Å². The molecule has 6 aromatic rings. The van der Waals surface area contributed by atoms with E-state index >= 15 is 0 Å². The van der Waals surface area contributed by atoms with Crippen LogP contribution >= 0.6 is 0 Å². The van der Waals surface area contributed by atoms with Gasteiger partial charge in [-0.2, -0.15) is 4.98 Å². The topological polar surface area (TPSA) is 85.4 Å². The number of benzene rings is 2. The molecular formula is C21H14N6. The molecule has 6 nitrogen and oxygen atoms in total. The minimum atomic E-state index is 0.261. The van der Waals surface area contributed by atoms with Crippen LogP contribution in [0.5, 0.6) is 0 Å². The molecule has 6 rings (SSSR count). The normalized spacial score (nSPS) is 11.9. The number of nitrogens with one attached hydrogen (secondary N) is 1. The second-order valence-electron chi connectivity index (χ2n) is 6.56. The summed E-state index contributed by atoms with van der Waals surface area (Å²) in [5, 5.41) is 4.40. The lowest BCUT2D eigenvalue weighted by atomic mass is 10.1. The molecule has 4 heterocycles. The van der Waals surface area contributed by atoms with Gasteiger partial charge in [0.25, 0.3) is 0 Å². The van der Waals surface area contributed by atoms with Crippen molar-refractivity contribution < 1.29 is 0 Å². The standard InChI is InChI=1S/C21H14N6/c22-21-24-10-14-19-15(25-20(14)26-21)5-3-7-17(19)27-16-6-2-1-4-12(16)13-8-9-23-11-18(13)27/h1-11H,(H3,22,24,25,26). The van der Waals surface area contributed by atoms with Crippen molar-refractivity contribution in [1.82, 2.24) is 24.5 Å². The van der Waals surface area contributed by atoms with Crippen LogP contribution in [-0.4, -0.2) is 24.5 Å². The number of fused-ring (bicyclic) bond motifs is 6. The molecule has 0 fully saturated rings. The van der Waals surface area contributed by atoms with Gasteiger partial charge in [0.1, 0.15) is 5.65 Å². The van der Waals surface area contributed by atoms with Gasteiger partial charge >= 0.3 is 0 Å². The predicted molar refractivity (Wildman–Crippen MR) is 108 cm³/mol. The van der Waals surface area contributed by atoms with Gasteiger partial charge in [-0.15, -0.1) is 0 Å². The smallest absolute Gasteiger partial charge is 0.221 e. The highest BCUT2D eigenvalue weighted by Crippen LogP contribution is 2.36. The molecule has 0 bridgehead atoms. The number of nitrogen functional groups attached to an aromatic ring is 1. The maximum Gasteiger partial charge on any atom is 0.221 e. The molecule has 0 radical (unpaired) electrons. The van der Waals surface area contributed by atoms with Crippen LogP contribution < -0.4 is 5.73 Å². The molecule has 2 aromatic carbocycles. The lowest BCUT2D eigenvalue weighted by molar-refractivity contribution is 1.18. The van der Waals surface area contributed by atoms with Crippen molar-refractivity contribution in [2.75, 3.05) is 5.73 Å². The number of H-pyrrole nitrogens is 1. The molecule has 4 aromatic heterocycles. The Bertz CT molecular complexity index is 1440. The van der Waals surface area contributed by atoms with Gasteiger partial charge in [0, 0.05) is 39.5 Å². The van der Waals surface area contributed by atoms with Crippen LogP contribution in [0.3, 0.4) is 0 Å². The molecule has 0 atom stereocenters. The van der Waals surface area contributed by atoms with Gasteiger partial charge in [-0.05, 0) is 24.3 Å². The second kappa shape index (κ2) is 5.04. The monoisotopic (exact) mass is 350 g/mol. The number of rotatable bonds is 1. The molecule has 6 heteroatoms. The van der Waals surface area contributed by atoms with Gasteiger partial charge in [0.15, 0.2) is 0 Å². The molecule has 0 aliphatic carbocycles. The Morgan fingerprint density at radius 3 is 2.70 bits per heavy atom. The number of hydrogen-bond acceptors (Lipinski definition) is 4. The van der Waals surface area contributed by atoms with Gasteiger partial charge < -0.3 is 15.3 Å². The van der Waals surface area contributed by atoms with Crippen molar-refractivity contribution in [2.24, 2.45) is 0 Å². The van der Waals surface area contributed by atoms with Crippen LogP contribution in [0.15, 0.2) is 67.1 Å². The molecule has 0 aliphatic heterocycles. The van der Waals surface area contributed by atoms with Crippen LogP contribution in [-0.2, 0) is 0 Å². The summed E-state index contributed by atoms with van der Waals surface area (Å²) in [7, 11) is 0. The minimum absolute atomic E-state index is 0.261. The van der Waals surface area contributed by atoms with Gasteiger partial charge in [-0.1, -0.05) is 24.3 Å². The van der Waals surface area contributed by atoms with Crippen molar-refractivity contribution in [3.05, 3.63) is 67.1 Å². The van der Waals surface area contributed by atoms with E-state index in [0.29, 0.717) is 0 Å². The summed E-state index contributed by atoms with van der Waals surface area (Å²) in [6.07, 6.45) is 5.53. The Labute approximate surface area is 153 Å². The number of anilines is 1. The summed E-state index contributed by atoms with van der Waals surface area (Å²) < 4.78 is 2.25. The van der Waals surface area contributed by atoms with E-state index in [0.717, 1.165) is 38.7 Å². The van der Waals surface area contributed by atoms with E-state index in [1.807, 2.05) is 24.5 Å². The van der Waals surface area contributed by atoms with E-state index in [1.165, 1.54) is 10.8 Å². The van der Waals surface area contributed by atoms with Gasteiger partial charge in [0.2, 0.25) is 5.95 Å². The zero-order valence-electron chi connectivity index (χ0n) is 14.2. The zero-order chi connectivity index (χ0) is 18.0. The maximum atomic E-state index is 5.77. The van der Waals surface area contributed by atoms with Crippen molar-refractivity contribution in [1.29, 1.82) is 0 Å². The third kappa shape index (κ3) is 1.86. The molecule has 0 unspecified atom stereocenters. The summed E-state index contributed by atoms with van der Waals surface area (Å²) in [4.78, 5) is 16.3. The van der Waals surface area contributed by atoms with E-state index in [2.05, 4.69) is 60.9 Å². The lowest BCUT2D eigenvalue weighted by Crippen LogP contribution is -1.95. The number of hydrogen-bond donors (Lipinski definition) is 2. The third-order valence-corrected chi connectivity index (χ3v) is 5.09. The number of nitrogens with two attached hydrogens (primary N) is 1. The number of aromatic amines is 1. The number of para-hydroxylation sites is 1. The van der Waals surface area contributed by atoms with Crippen LogP contribution in [0, 0.1) is 0 Å². The number of pyridine rings is 1. The van der Waals surface area contributed by atoms with Crippen LogP contribution in [0.1, 0.15) is 0 Å². The summed E-state index contributed by atoms with van der Waals surface area (Å²) in [5.74, 6) is 0.261. The largest absolute Gasteiger partial charge is 0.368 e. The molecule has 0 aliphatic rings. The summed E-state index contributed by atoms with van der Waals surface area (Å²) in [5.41, 5.74) is 10.8. The molecule has 128 valence electrons. The lowest BCUT2D eigenvalue weighted by Gasteiger charge is -2.09. The molecule has 3 N–H and O–H groups in total. The van der Waals surface area contributed by atoms with Crippen LogP contribution in [0.4, 0.5) is 5.95 Å². The van der Waals surface area contributed by atoms with E-state index in [1.54, 1.807) is 6.20 Å². The number of nitrogens with zero attached hydrogens (tertiary/aromatic N) is 4. The minimum Gasteiger partial charge on any atom is -0.368 e. The molecule has 0 saturated heterocycles. The maximum absolute atomic E-state index is 5.77. The first kappa shape index (κ1) is 14.3. The highest BCUT2D eigenvalue weighted by atomic mass is 15.0. The fourth-order valence-electron chi connectivity index (χ4n) is 3.99. The first-order valence-electron chi connectivity index (χ1n) is 8.68. The predicted octanol–water partition coefficient (Wildman–Crippen LogP) is 4.19. The number of aromatic nitrogens is 5. The van der Waals surface area contributed by atoms with Gasteiger partial charge in [-0.25, -0.2) is 4.98 Å². The van der Waals surface area contributed by atoms with E-state index in [4.69, 9.17) is 5.73 Å². The summed E-state index contributed by atoms with van der Waals surface area (Å²) in [6.45, 7) is 0. The first-order chi connectivity index (χ1) is 13.3. The third-order valence-electron chi connectivity index (χ3n) is 5.09.